The third kappa shape index (κ3) is 5.87. The van der Waals surface area contributed by atoms with E-state index in [1.165, 1.54) is 0 Å². The summed E-state index contributed by atoms with van der Waals surface area (Å²) in [6, 6.07) is 16.7. The molecule has 0 spiro atoms. The number of nitrogen functional groups attached to an aromatic ring is 1. The summed E-state index contributed by atoms with van der Waals surface area (Å²) in [7, 11) is 0. The molecule has 0 atom stereocenters. The van der Waals surface area contributed by atoms with E-state index in [0.29, 0.717) is 36.6 Å². The largest absolute Gasteiger partial charge is 0.507 e. The Hall–Kier alpha value is -3.36. The fourth-order valence-electron chi connectivity index (χ4n) is 3.62. The molecule has 1 fully saturated rings. The van der Waals surface area contributed by atoms with Gasteiger partial charge in [-0.25, -0.2) is 0 Å². The molecule has 0 saturated carbocycles. The third-order valence-corrected chi connectivity index (χ3v) is 5.40. The van der Waals surface area contributed by atoms with Gasteiger partial charge in [0.2, 0.25) is 0 Å². The molecule has 2 aromatic carbocycles. The summed E-state index contributed by atoms with van der Waals surface area (Å²) >= 11 is 0. The maximum absolute atomic E-state index is 10.1. The van der Waals surface area contributed by atoms with Gasteiger partial charge in [-0.3, -0.25) is 4.90 Å². The SMILES string of the molecule is Nc1nnc(-c2ccccc2O)cc1OCCc1cccc(OCCN2CCNCC2)c1. The van der Waals surface area contributed by atoms with Crippen molar-refractivity contribution in [2.24, 2.45) is 0 Å². The van der Waals surface area contributed by atoms with Crippen LogP contribution in [0.1, 0.15) is 5.56 Å². The zero-order valence-electron chi connectivity index (χ0n) is 18.0. The molecule has 1 aliphatic heterocycles. The number of aromatic nitrogens is 2. The van der Waals surface area contributed by atoms with Crippen LogP contribution in [0.4, 0.5) is 5.82 Å². The highest BCUT2D eigenvalue weighted by atomic mass is 16.5. The minimum atomic E-state index is 0.131. The monoisotopic (exact) mass is 435 g/mol. The molecule has 4 rings (SSSR count). The number of para-hydroxylation sites is 1. The molecule has 0 unspecified atom stereocenters. The number of nitrogens with zero attached hydrogens (tertiary/aromatic N) is 3. The minimum absolute atomic E-state index is 0.131. The lowest BCUT2D eigenvalue weighted by Gasteiger charge is -2.26. The highest BCUT2D eigenvalue weighted by molar-refractivity contribution is 5.68. The van der Waals surface area contributed by atoms with E-state index in [1.807, 2.05) is 30.3 Å². The molecule has 0 aliphatic carbocycles. The Morgan fingerprint density at radius 1 is 0.969 bits per heavy atom. The highest BCUT2D eigenvalue weighted by Crippen LogP contribution is 2.30. The molecule has 1 aliphatic rings. The third-order valence-electron chi connectivity index (χ3n) is 5.40. The van der Waals surface area contributed by atoms with Crippen LogP contribution in [0, 0.1) is 0 Å². The number of piperazine rings is 1. The predicted molar refractivity (Wildman–Crippen MR) is 124 cm³/mol. The Kier molecular flexibility index (Phi) is 7.37. The molecule has 8 nitrogen and oxygen atoms in total. The molecule has 1 aromatic heterocycles. The first-order valence-corrected chi connectivity index (χ1v) is 10.9. The molecular weight excluding hydrogens is 406 g/mol. The van der Waals surface area contributed by atoms with Crippen molar-refractivity contribution in [1.29, 1.82) is 0 Å². The van der Waals surface area contributed by atoms with E-state index >= 15 is 0 Å². The lowest BCUT2D eigenvalue weighted by molar-refractivity contribution is 0.191. The van der Waals surface area contributed by atoms with E-state index in [1.54, 1.807) is 24.3 Å². The predicted octanol–water partition coefficient (Wildman–Crippen LogP) is 2.34. The summed E-state index contributed by atoms with van der Waals surface area (Å²) in [5.41, 5.74) is 8.14. The molecule has 0 bridgehead atoms. The van der Waals surface area contributed by atoms with Gasteiger partial charge in [0.25, 0.3) is 0 Å². The van der Waals surface area contributed by atoms with Crippen molar-refractivity contribution in [3.63, 3.8) is 0 Å². The van der Waals surface area contributed by atoms with Gasteiger partial charge in [-0.1, -0.05) is 24.3 Å². The van der Waals surface area contributed by atoms with Crippen molar-refractivity contribution >= 4 is 5.82 Å². The van der Waals surface area contributed by atoms with Crippen LogP contribution in [0.3, 0.4) is 0 Å². The van der Waals surface area contributed by atoms with E-state index in [0.717, 1.165) is 44.0 Å². The highest BCUT2D eigenvalue weighted by Gasteiger charge is 2.11. The van der Waals surface area contributed by atoms with Crippen LogP contribution in [0.5, 0.6) is 17.2 Å². The number of nitrogens with one attached hydrogen (secondary N) is 1. The second kappa shape index (κ2) is 10.8. The normalized spacial score (nSPS) is 14.2. The summed E-state index contributed by atoms with van der Waals surface area (Å²) < 4.78 is 11.8. The molecule has 0 radical (unpaired) electrons. The first kappa shape index (κ1) is 21.9. The zero-order chi connectivity index (χ0) is 22.2. The van der Waals surface area contributed by atoms with Crippen LogP contribution in [0.15, 0.2) is 54.6 Å². The van der Waals surface area contributed by atoms with Gasteiger partial charge in [-0.2, -0.15) is 0 Å². The van der Waals surface area contributed by atoms with Gasteiger partial charge in [0.1, 0.15) is 23.8 Å². The minimum Gasteiger partial charge on any atom is -0.507 e. The van der Waals surface area contributed by atoms with Crippen molar-refractivity contribution in [1.82, 2.24) is 20.4 Å². The molecule has 8 heteroatoms. The van der Waals surface area contributed by atoms with Gasteiger partial charge in [0.15, 0.2) is 11.6 Å². The number of benzene rings is 2. The molecular formula is C24H29N5O3. The van der Waals surface area contributed by atoms with Crippen LogP contribution in [-0.2, 0) is 6.42 Å². The second-order valence-electron chi connectivity index (χ2n) is 7.68. The summed E-state index contributed by atoms with van der Waals surface area (Å²) in [6.45, 7) is 6.26. The maximum atomic E-state index is 10.1. The fourth-order valence-corrected chi connectivity index (χ4v) is 3.62. The topological polar surface area (TPSA) is 106 Å². The molecule has 2 heterocycles. The van der Waals surface area contributed by atoms with Crippen LogP contribution in [-0.4, -0.2) is 66.1 Å². The second-order valence-corrected chi connectivity index (χ2v) is 7.68. The standard InChI is InChI=1S/C24H29N5O3/c25-24-23(17-21(27-28-24)20-6-1-2-7-22(20)30)32-14-8-18-4-3-5-19(16-18)31-15-13-29-11-9-26-10-12-29/h1-7,16-17,26,30H,8-15H2,(H2,25,28). The number of nitrogens with two attached hydrogens (primary N) is 1. The van der Waals surface area contributed by atoms with Crippen LogP contribution < -0.4 is 20.5 Å². The first-order chi connectivity index (χ1) is 15.7. The van der Waals surface area contributed by atoms with Crippen molar-refractivity contribution in [2.45, 2.75) is 6.42 Å². The van der Waals surface area contributed by atoms with Crippen LogP contribution in [0.2, 0.25) is 0 Å². The smallest absolute Gasteiger partial charge is 0.188 e. The van der Waals surface area contributed by atoms with Gasteiger partial charge in [0.05, 0.1) is 6.61 Å². The number of ether oxygens (including phenoxy) is 2. The number of phenolic OH excluding ortho intramolecular Hbond substituents is 1. The average Bonchev–Trinajstić information content (AvgIpc) is 2.82. The van der Waals surface area contributed by atoms with Crippen molar-refractivity contribution in [3.05, 3.63) is 60.2 Å². The molecule has 168 valence electrons. The Morgan fingerprint density at radius 3 is 2.66 bits per heavy atom. The van der Waals surface area contributed by atoms with Gasteiger partial charge >= 0.3 is 0 Å². The average molecular weight is 436 g/mol. The Balaban J connectivity index is 1.30. The van der Waals surface area contributed by atoms with E-state index < -0.39 is 0 Å². The molecule has 0 amide bonds. The molecule has 4 N–H and O–H groups in total. The number of rotatable bonds is 9. The van der Waals surface area contributed by atoms with Gasteiger partial charge < -0.3 is 25.6 Å². The van der Waals surface area contributed by atoms with Crippen molar-refractivity contribution < 1.29 is 14.6 Å². The summed E-state index contributed by atoms with van der Waals surface area (Å²) in [5, 5.41) is 21.5. The van der Waals surface area contributed by atoms with E-state index in [2.05, 4.69) is 20.4 Å². The summed E-state index contributed by atoms with van der Waals surface area (Å²) in [6.07, 6.45) is 0.697. The Bertz CT molecular complexity index is 1020. The number of phenols is 1. The number of aromatic hydroxyl groups is 1. The summed E-state index contributed by atoms with van der Waals surface area (Å²) in [5.74, 6) is 1.66. The number of anilines is 1. The van der Waals surface area contributed by atoms with E-state index in [9.17, 15) is 5.11 Å². The fraction of sp³-hybridized carbons (Fsp3) is 0.333. The van der Waals surface area contributed by atoms with Gasteiger partial charge in [-0.15, -0.1) is 10.2 Å². The lowest BCUT2D eigenvalue weighted by Crippen LogP contribution is -2.44. The quantitative estimate of drug-likeness (QED) is 0.470. The van der Waals surface area contributed by atoms with E-state index in [4.69, 9.17) is 15.2 Å². The summed E-state index contributed by atoms with van der Waals surface area (Å²) in [4.78, 5) is 2.41. The van der Waals surface area contributed by atoms with Crippen molar-refractivity contribution in [2.75, 3.05) is 51.7 Å². The maximum Gasteiger partial charge on any atom is 0.188 e. The lowest BCUT2D eigenvalue weighted by atomic mass is 10.1. The Labute approximate surface area is 188 Å². The number of hydrogen-bond acceptors (Lipinski definition) is 8. The van der Waals surface area contributed by atoms with Crippen LogP contribution in [0.25, 0.3) is 11.3 Å². The van der Waals surface area contributed by atoms with Gasteiger partial charge in [0, 0.05) is 50.8 Å². The van der Waals surface area contributed by atoms with Crippen molar-refractivity contribution in [3.8, 4) is 28.5 Å². The van der Waals surface area contributed by atoms with Crippen LogP contribution >= 0.6 is 0 Å². The molecule has 32 heavy (non-hydrogen) atoms. The van der Waals surface area contributed by atoms with E-state index in [-0.39, 0.29) is 11.6 Å². The van der Waals surface area contributed by atoms with Gasteiger partial charge in [-0.05, 0) is 29.8 Å². The molecule has 3 aromatic rings. The Morgan fingerprint density at radius 2 is 1.81 bits per heavy atom. The first-order valence-electron chi connectivity index (χ1n) is 10.9. The number of hydrogen-bond donors (Lipinski definition) is 3. The zero-order valence-corrected chi connectivity index (χ0v) is 18.0. The molecule has 1 saturated heterocycles.